The van der Waals surface area contributed by atoms with Crippen LogP contribution >= 0.6 is 11.3 Å². The van der Waals surface area contributed by atoms with Gasteiger partial charge in [0, 0.05) is 16.8 Å². The highest BCUT2D eigenvalue weighted by Gasteiger charge is 2.48. The molecule has 0 radical (unpaired) electrons. The molecule has 0 saturated carbocycles. The maximum Gasteiger partial charge on any atom is 0.394 e. The molecule has 0 bridgehead atoms. The Morgan fingerprint density at radius 2 is 1.87 bits per heavy atom. The van der Waals surface area contributed by atoms with E-state index in [1.54, 1.807) is 6.07 Å². The van der Waals surface area contributed by atoms with Crippen molar-refractivity contribution in [1.82, 2.24) is 0 Å². The minimum absolute atomic E-state index is 0.154. The van der Waals surface area contributed by atoms with Crippen molar-refractivity contribution >= 4 is 39.0 Å². The first-order valence-electron chi connectivity index (χ1n) is 6.63. The van der Waals surface area contributed by atoms with Crippen LogP contribution < -0.4 is 5.32 Å². The molecule has 8 heteroatoms. The highest BCUT2D eigenvalue weighted by Crippen LogP contribution is 2.40. The van der Waals surface area contributed by atoms with E-state index in [1.807, 2.05) is 0 Å². The van der Waals surface area contributed by atoms with E-state index in [9.17, 15) is 22.8 Å². The minimum Gasteiger partial charge on any atom is -0.477 e. The number of carbonyl (C=O) groups excluding carboxylic acids is 1. The topological polar surface area (TPSA) is 66.4 Å². The molecule has 2 N–H and O–H groups in total. The van der Waals surface area contributed by atoms with Crippen LogP contribution in [0.3, 0.4) is 0 Å². The Morgan fingerprint density at radius 1 is 1.22 bits per heavy atom. The van der Waals surface area contributed by atoms with Gasteiger partial charge < -0.3 is 10.4 Å². The van der Waals surface area contributed by atoms with Crippen LogP contribution in [0.25, 0.3) is 10.1 Å². The second kappa shape index (κ2) is 5.84. The number of halogens is 3. The van der Waals surface area contributed by atoms with Crippen LogP contribution in [0.4, 0.5) is 18.9 Å². The maximum atomic E-state index is 12.8. The molecule has 0 spiro atoms. The van der Waals surface area contributed by atoms with Crippen LogP contribution in [0, 0.1) is 5.41 Å². The molecule has 23 heavy (non-hydrogen) atoms. The number of aromatic carboxylic acids is 1. The highest BCUT2D eigenvalue weighted by molar-refractivity contribution is 7.20. The Bertz CT molecular complexity index is 765. The van der Waals surface area contributed by atoms with E-state index < -0.39 is 29.9 Å². The minimum atomic E-state index is -4.47. The van der Waals surface area contributed by atoms with Crippen molar-refractivity contribution in [2.24, 2.45) is 5.41 Å². The number of carboxylic acids is 1. The van der Waals surface area contributed by atoms with Gasteiger partial charge in [-0.15, -0.1) is 11.3 Å². The number of hydrogen-bond donors (Lipinski definition) is 2. The summed E-state index contributed by atoms with van der Waals surface area (Å²) in [5, 5.41) is 12.0. The predicted molar refractivity (Wildman–Crippen MR) is 81.9 cm³/mol. The summed E-state index contributed by atoms with van der Waals surface area (Å²) in [6, 6.07) is 6.15. The summed E-state index contributed by atoms with van der Waals surface area (Å²) in [5.74, 6) is -1.80. The van der Waals surface area contributed by atoms with Gasteiger partial charge in [-0.3, -0.25) is 4.79 Å². The van der Waals surface area contributed by atoms with Gasteiger partial charge in [0.25, 0.3) is 0 Å². The van der Waals surface area contributed by atoms with Crippen molar-refractivity contribution in [1.29, 1.82) is 0 Å². The van der Waals surface area contributed by atoms with Crippen molar-refractivity contribution in [3.8, 4) is 0 Å². The molecule has 1 amide bonds. The Balaban J connectivity index is 2.15. The van der Waals surface area contributed by atoms with Gasteiger partial charge in [0.1, 0.15) is 4.88 Å². The molecule has 0 fully saturated rings. The molecular formula is C15H14F3NO3S. The van der Waals surface area contributed by atoms with Gasteiger partial charge in [0.05, 0.1) is 5.41 Å². The van der Waals surface area contributed by atoms with Crippen LogP contribution in [0.1, 0.15) is 29.9 Å². The van der Waals surface area contributed by atoms with Gasteiger partial charge in [-0.05, 0) is 29.7 Å². The van der Waals surface area contributed by atoms with E-state index in [1.165, 1.54) is 18.2 Å². The van der Waals surface area contributed by atoms with Crippen molar-refractivity contribution < 1.29 is 27.9 Å². The second-order valence-electron chi connectivity index (χ2n) is 5.78. The van der Waals surface area contributed by atoms with Crippen LogP contribution in [-0.2, 0) is 4.79 Å². The first-order valence-corrected chi connectivity index (χ1v) is 7.45. The van der Waals surface area contributed by atoms with Gasteiger partial charge in [-0.2, -0.15) is 13.2 Å². The maximum absolute atomic E-state index is 12.8. The summed E-state index contributed by atoms with van der Waals surface area (Å²) >= 11 is 1.09. The number of anilines is 1. The summed E-state index contributed by atoms with van der Waals surface area (Å²) in [6.07, 6.45) is -5.17. The molecule has 4 nitrogen and oxygen atoms in total. The zero-order valence-electron chi connectivity index (χ0n) is 12.3. The standard InChI is InChI=1S/C15H14F3NO3S/c1-14(2,15(16,17)18)7-12(20)19-9-3-4-10-8(5-9)6-11(23-10)13(21)22/h3-6H,7H2,1-2H3,(H,19,20)(H,21,22). The van der Waals surface area contributed by atoms with Crippen LogP contribution in [-0.4, -0.2) is 23.2 Å². The van der Waals surface area contributed by atoms with E-state index in [2.05, 4.69) is 5.32 Å². The van der Waals surface area contributed by atoms with Crippen molar-refractivity contribution in [3.63, 3.8) is 0 Å². The fraction of sp³-hybridized carbons (Fsp3) is 0.333. The zero-order valence-corrected chi connectivity index (χ0v) is 13.1. The van der Waals surface area contributed by atoms with Crippen molar-refractivity contribution in [2.45, 2.75) is 26.4 Å². The van der Waals surface area contributed by atoms with Gasteiger partial charge in [0.15, 0.2) is 0 Å². The molecule has 0 atom stereocenters. The number of benzene rings is 1. The molecule has 1 aromatic carbocycles. The molecule has 2 aromatic rings. The molecule has 124 valence electrons. The number of fused-ring (bicyclic) bond motifs is 1. The quantitative estimate of drug-likeness (QED) is 0.856. The lowest BCUT2D eigenvalue weighted by atomic mass is 9.88. The molecule has 0 unspecified atom stereocenters. The SMILES string of the molecule is CC(C)(CC(=O)Nc1ccc2sc(C(=O)O)cc2c1)C(F)(F)F. The fourth-order valence-electron chi connectivity index (χ4n) is 1.93. The van der Waals surface area contributed by atoms with E-state index in [-0.39, 0.29) is 4.88 Å². The normalized spacial score (nSPS) is 12.4. The summed E-state index contributed by atoms with van der Waals surface area (Å²) < 4.78 is 39.1. The molecule has 1 aromatic heterocycles. The molecule has 0 aliphatic rings. The van der Waals surface area contributed by atoms with Gasteiger partial charge in [0.2, 0.25) is 5.91 Å². The molecule has 1 heterocycles. The smallest absolute Gasteiger partial charge is 0.394 e. The van der Waals surface area contributed by atoms with Gasteiger partial charge >= 0.3 is 12.1 Å². The van der Waals surface area contributed by atoms with E-state index >= 15 is 0 Å². The Labute approximate surface area is 133 Å². The van der Waals surface area contributed by atoms with Crippen LogP contribution in [0.15, 0.2) is 24.3 Å². The summed E-state index contributed by atoms with van der Waals surface area (Å²) in [5.41, 5.74) is -1.80. The third-order valence-electron chi connectivity index (χ3n) is 3.38. The van der Waals surface area contributed by atoms with E-state index in [0.717, 1.165) is 29.9 Å². The van der Waals surface area contributed by atoms with Gasteiger partial charge in [-0.25, -0.2) is 4.79 Å². The molecule has 2 rings (SSSR count). The second-order valence-corrected chi connectivity index (χ2v) is 6.86. The Hall–Kier alpha value is -2.09. The largest absolute Gasteiger partial charge is 0.477 e. The Kier molecular flexibility index (Phi) is 4.39. The lowest BCUT2D eigenvalue weighted by molar-refractivity contribution is -0.213. The lowest BCUT2D eigenvalue weighted by Gasteiger charge is -2.26. The third kappa shape index (κ3) is 3.82. The Morgan fingerprint density at radius 3 is 2.43 bits per heavy atom. The van der Waals surface area contributed by atoms with Crippen molar-refractivity contribution in [3.05, 3.63) is 29.1 Å². The number of rotatable bonds is 4. The van der Waals surface area contributed by atoms with Gasteiger partial charge in [-0.1, -0.05) is 13.8 Å². The molecule has 0 aliphatic heterocycles. The third-order valence-corrected chi connectivity index (χ3v) is 4.48. The van der Waals surface area contributed by atoms with Crippen LogP contribution in [0.5, 0.6) is 0 Å². The van der Waals surface area contributed by atoms with Crippen LogP contribution in [0.2, 0.25) is 0 Å². The van der Waals surface area contributed by atoms with Crippen molar-refractivity contribution in [2.75, 3.05) is 5.32 Å². The number of amides is 1. The average molecular weight is 345 g/mol. The molecular weight excluding hydrogens is 331 g/mol. The number of carboxylic acid groups (broad SMARTS) is 1. The van der Waals surface area contributed by atoms with E-state index in [4.69, 9.17) is 5.11 Å². The first kappa shape index (κ1) is 17.3. The highest BCUT2D eigenvalue weighted by atomic mass is 32.1. The molecule has 0 aliphatic carbocycles. The summed E-state index contributed by atoms with van der Waals surface area (Å²) in [6.45, 7) is 1.93. The monoisotopic (exact) mass is 345 g/mol. The first-order chi connectivity index (χ1) is 10.5. The number of alkyl halides is 3. The summed E-state index contributed by atoms with van der Waals surface area (Å²) in [4.78, 5) is 22.9. The lowest BCUT2D eigenvalue weighted by Crippen LogP contribution is -2.35. The van der Waals surface area contributed by atoms with E-state index in [0.29, 0.717) is 11.1 Å². The number of nitrogens with one attached hydrogen (secondary N) is 1. The predicted octanol–water partition coefficient (Wildman–Crippen LogP) is 4.52. The molecule has 0 saturated heterocycles. The zero-order chi connectivity index (χ0) is 17.4. The number of thiophene rings is 1. The average Bonchev–Trinajstić information content (AvgIpc) is 2.79. The fourth-order valence-corrected chi connectivity index (χ4v) is 2.82. The number of carbonyl (C=O) groups is 2. The summed E-state index contributed by atoms with van der Waals surface area (Å²) in [7, 11) is 0. The number of hydrogen-bond acceptors (Lipinski definition) is 3.